The number of carbonyl (C=O) groups excluding carboxylic acids is 2. The van der Waals surface area contributed by atoms with Crippen LogP contribution in [0.2, 0.25) is 0 Å². The Bertz CT molecular complexity index is 1100. The van der Waals surface area contributed by atoms with Gasteiger partial charge in [-0.05, 0) is 55.5 Å². The van der Waals surface area contributed by atoms with Gasteiger partial charge >= 0.3 is 0 Å². The van der Waals surface area contributed by atoms with Crippen LogP contribution < -0.4 is 14.8 Å². The molecule has 0 radical (unpaired) electrons. The molecule has 2 aromatic carbocycles. The minimum Gasteiger partial charge on any atom is -0.497 e. The summed E-state index contributed by atoms with van der Waals surface area (Å²) in [6, 6.07) is 14.4. The van der Waals surface area contributed by atoms with Crippen LogP contribution >= 0.6 is 23.1 Å². The van der Waals surface area contributed by atoms with Gasteiger partial charge in [0.05, 0.1) is 31.7 Å². The van der Waals surface area contributed by atoms with Gasteiger partial charge in [0.2, 0.25) is 11.8 Å². The van der Waals surface area contributed by atoms with Crippen LogP contribution in [0.4, 0.5) is 5.69 Å². The van der Waals surface area contributed by atoms with Gasteiger partial charge in [-0.2, -0.15) is 0 Å². The van der Waals surface area contributed by atoms with Crippen molar-refractivity contribution < 1.29 is 19.1 Å². The second-order valence-corrected chi connectivity index (χ2v) is 9.23. The molecular formula is C24H25N3O4S2. The molecule has 0 bridgehead atoms. The van der Waals surface area contributed by atoms with Crippen LogP contribution in [0.1, 0.15) is 12.6 Å². The van der Waals surface area contributed by atoms with E-state index in [0.29, 0.717) is 35.4 Å². The van der Waals surface area contributed by atoms with Crippen molar-refractivity contribution in [1.29, 1.82) is 0 Å². The molecule has 1 N–H and O–H groups in total. The fraction of sp³-hybridized carbons (Fsp3) is 0.292. The summed E-state index contributed by atoms with van der Waals surface area (Å²) in [4.78, 5) is 32.1. The van der Waals surface area contributed by atoms with Crippen molar-refractivity contribution in [3.63, 3.8) is 0 Å². The largest absolute Gasteiger partial charge is 0.497 e. The van der Waals surface area contributed by atoms with Crippen LogP contribution in [-0.2, 0) is 16.0 Å². The highest BCUT2D eigenvalue weighted by Gasteiger charge is 2.34. The lowest BCUT2D eigenvalue weighted by Gasteiger charge is -2.23. The van der Waals surface area contributed by atoms with Crippen LogP contribution in [-0.4, -0.2) is 53.1 Å². The molecule has 1 atom stereocenters. The summed E-state index contributed by atoms with van der Waals surface area (Å²) in [5.41, 5.74) is 2.36. The van der Waals surface area contributed by atoms with E-state index in [1.54, 1.807) is 48.0 Å². The van der Waals surface area contributed by atoms with Crippen molar-refractivity contribution in [3.8, 4) is 22.1 Å². The Hall–Kier alpha value is -3.04. The van der Waals surface area contributed by atoms with Crippen molar-refractivity contribution in [2.45, 2.75) is 19.4 Å². The predicted molar refractivity (Wildman–Crippen MR) is 132 cm³/mol. The van der Waals surface area contributed by atoms with Crippen molar-refractivity contribution in [2.75, 3.05) is 30.7 Å². The highest BCUT2D eigenvalue weighted by Crippen LogP contribution is 2.28. The van der Waals surface area contributed by atoms with Crippen LogP contribution in [0.25, 0.3) is 10.6 Å². The number of rotatable bonds is 8. The van der Waals surface area contributed by atoms with Crippen molar-refractivity contribution in [1.82, 2.24) is 9.88 Å². The molecule has 2 heterocycles. The standard InChI is InChI=1S/C24H25N3O4S2/c1-3-31-20-8-4-16(5-9-20)24-26-18(13-33-24)12-22(28)27-15-32-14-21(27)23(29)25-17-6-10-19(30-2)11-7-17/h4-11,13,21H,3,12,14-15H2,1-2H3,(H,25,29). The minimum absolute atomic E-state index is 0.0987. The summed E-state index contributed by atoms with van der Waals surface area (Å²) in [7, 11) is 1.59. The molecule has 3 aromatic rings. The number of carbonyl (C=O) groups is 2. The maximum absolute atomic E-state index is 13.0. The predicted octanol–water partition coefficient (Wildman–Crippen LogP) is 4.30. The van der Waals surface area contributed by atoms with Gasteiger partial charge in [0.1, 0.15) is 22.5 Å². The molecular weight excluding hydrogens is 458 g/mol. The molecule has 33 heavy (non-hydrogen) atoms. The number of hydrogen-bond donors (Lipinski definition) is 1. The lowest BCUT2D eigenvalue weighted by molar-refractivity contribution is -0.135. The first kappa shape index (κ1) is 23.1. The van der Waals surface area contributed by atoms with Crippen LogP contribution in [0.5, 0.6) is 11.5 Å². The Morgan fingerprint density at radius 3 is 2.55 bits per heavy atom. The van der Waals surface area contributed by atoms with E-state index >= 15 is 0 Å². The summed E-state index contributed by atoms with van der Waals surface area (Å²) < 4.78 is 10.6. The number of nitrogens with zero attached hydrogens (tertiary/aromatic N) is 2. The Morgan fingerprint density at radius 1 is 1.12 bits per heavy atom. The van der Waals surface area contributed by atoms with Crippen LogP contribution in [0.15, 0.2) is 53.9 Å². The summed E-state index contributed by atoms with van der Waals surface area (Å²) in [5, 5.41) is 5.65. The number of thiazole rings is 1. The highest BCUT2D eigenvalue weighted by molar-refractivity contribution is 7.99. The summed E-state index contributed by atoms with van der Waals surface area (Å²) in [5.74, 6) is 2.32. The van der Waals surface area contributed by atoms with E-state index in [9.17, 15) is 9.59 Å². The van der Waals surface area contributed by atoms with E-state index in [4.69, 9.17) is 9.47 Å². The van der Waals surface area contributed by atoms with Crippen LogP contribution in [0.3, 0.4) is 0 Å². The number of thioether (sulfide) groups is 1. The summed E-state index contributed by atoms with van der Waals surface area (Å²) >= 11 is 3.08. The van der Waals surface area contributed by atoms with E-state index in [1.807, 2.05) is 36.6 Å². The normalized spacial score (nSPS) is 15.3. The average molecular weight is 484 g/mol. The zero-order valence-corrected chi connectivity index (χ0v) is 20.1. The summed E-state index contributed by atoms with van der Waals surface area (Å²) in [6.45, 7) is 2.57. The SMILES string of the molecule is CCOc1ccc(-c2nc(CC(=O)N3CSCC3C(=O)Nc3ccc(OC)cc3)cs2)cc1. The molecule has 172 valence electrons. The number of ether oxygens (including phenoxy) is 2. The molecule has 0 spiro atoms. The lowest BCUT2D eigenvalue weighted by Crippen LogP contribution is -2.45. The van der Waals surface area contributed by atoms with E-state index in [1.165, 1.54) is 11.3 Å². The number of anilines is 1. The zero-order chi connectivity index (χ0) is 23.2. The molecule has 4 rings (SSSR count). The topological polar surface area (TPSA) is 80.8 Å². The van der Waals surface area contributed by atoms with Crippen molar-refractivity contribution >= 4 is 40.6 Å². The molecule has 1 aromatic heterocycles. The zero-order valence-electron chi connectivity index (χ0n) is 18.4. The molecule has 0 aliphatic carbocycles. The van der Waals surface area contributed by atoms with Gasteiger partial charge in [-0.1, -0.05) is 0 Å². The molecule has 1 aliphatic heterocycles. The Balaban J connectivity index is 1.37. The lowest BCUT2D eigenvalue weighted by atomic mass is 10.2. The third-order valence-electron chi connectivity index (χ3n) is 5.16. The number of amides is 2. The quantitative estimate of drug-likeness (QED) is 0.515. The first-order valence-electron chi connectivity index (χ1n) is 10.6. The first-order valence-corrected chi connectivity index (χ1v) is 12.6. The van der Waals surface area contributed by atoms with E-state index < -0.39 is 6.04 Å². The van der Waals surface area contributed by atoms with Gasteiger partial charge in [-0.15, -0.1) is 23.1 Å². The minimum atomic E-state index is -0.506. The summed E-state index contributed by atoms with van der Waals surface area (Å²) in [6.07, 6.45) is 0.167. The third kappa shape index (κ3) is 5.66. The van der Waals surface area contributed by atoms with Crippen LogP contribution in [0, 0.1) is 0 Å². The van der Waals surface area contributed by atoms with Gasteiger partial charge in [-0.25, -0.2) is 4.98 Å². The molecule has 9 heteroatoms. The monoisotopic (exact) mass is 483 g/mol. The highest BCUT2D eigenvalue weighted by atomic mass is 32.2. The van der Waals surface area contributed by atoms with Gasteiger partial charge in [0.25, 0.3) is 0 Å². The number of methoxy groups -OCH3 is 1. The second-order valence-electron chi connectivity index (χ2n) is 7.38. The first-order chi connectivity index (χ1) is 16.1. The molecule has 0 saturated carbocycles. The second kappa shape index (κ2) is 10.7. The van der Waals surface area contributed by atoms with Crippen molar-refractivity contribution in [2.24, 2.45) is 0 Å². The van der Waals surface area contributed by atoms with E-state index in [0.717, 1.165) is 16.3 Å². The van der Waals surface area contributed by atoms with Gasteiger partial charge in [-0.3, -0.25) is 9.59 Å². The van der Waals surface area contributed by atoms with Gasteiger partial charge < -0.3 is 19.7 Å². The smallest absolute Gasteiger partial charge is 0.248 e. The molecule has 1 saturated heterocycles. The van der Waals surface area contributed by atoms with E-state index in [2.05, 4.69) is 10.3 Å². The molecule has 1 aliphatic rings. The number of nitrogens with one attached hydrogen (secondary N) is 1. The fourth-order valence-electron chi connectivity index (χ4n) is 3.44. The third-order valence-corrected chi connectivity index (χ3v) is 7.11. The molecule has 1 unspecified atom stereocenters. The molecule has 7 nitrogen and oxygen atoms in total. The van der Waals surface area contributed by atoms with Gasteiger partial charge in [0, 0.05) is 22.4 Å². The number of hydrogen-bond acceptors (Lipinski definition) is 7. The Kier molecular flexibility index (Phi) is 7.51. The molecule has 1 fully saturated rings. The fourth-order valence-corrected chi connectivity index (χ4v) is 5.45. The number of aromatic nitrogens is 1. The Morgan fingerprint density at radius 2 is 1.85 bits per heavy atom. The van der Waals surface area contributed by atoms with Gasteiger partial charge in [0.15, 0.2) is 0 Å². The maximum atomic E-state index is 13.0. The maximum Gasteiger partial charge on any atom is 0.248 e. The van der Waals surface area contributed by atoms with E-state index in [-0.39, 0.29) is 18.2 Å². The number of benzene rings is 2. The average Bonchev–Trinajstić information content (AvgIpc) is 3.50. The molecule has 2 amide bonds. The Labute approximate surface area is 201 Å². The van der Waals surface area contributed by atoms with Crippen molar-refractivity contribution in [3.05, 3.63) is 59.6 Å².